The molecule has 1 aliphatic rings. The lowest BCUT2D eigenvalue weighted by Crippen LogP contribution is -2.21. The van der Waals surface area contributed by atoms with Gasteiger partial charge in [-0.3, -0.25) is 10.1 Å². The van der Waals surface area contributed by atoms with Gasteiger partial charge in [0.05, 0.1) is 11.0 Å². The number of benzene rings is 1. The first-order valence-corrected chi connectivity index (χ1v) is 6.91. The maximum absolute atomic E-state index is 11.0. The summed E-state index contributed by atoms with van der Waals surface area (Å²) in [6.07, 6.45) is 8.24. The van der Waals surface area contributed by atoms with Crippen molar-refractivity contribution in [2.75, 3.05) is 5.32 Å². The number of nitrogens with zero attached hydrogens (tertiary/aromatic N) is 1. The predicted octanol–water partition coefficient (Wildman–Crippen LogP) is 3.83. The molecule has 19 heavy (non-hydrogen) atoms. The second kappa shape index (κ2) is 6.41. The van der Waals surface area contributed by atoms with Crippen molar-refractivity contribution < 1.29 is 10.0 Å². The summed E-state index contributed by atoms with van der Waals surface area (Å²) in [6, 6.07) is 4.57. The highest BCUT2D eigenvalue weighted by Crippen LogP contribution is 2.30. The zero-order valence-electron chi connectivity index (χ0n) is 11.0. The second-order valence-corrected chi connectivity index (χ2v) is 5.14. The normalized spacial score (nSPS) is 17.5. The minimum Gasteiger partial charge on any atom is -0.508 e. The van der Waals surface area contributed by atoms with E-state index in [1.165, 1.54) is 44.2 Å². The van der Waals surface area contributed by atoms with Crippen LogP contribution in [0.2, 0.25) is 0 Å². The van der Waals surface area contributed by atoms with E-state index >= 15 is 0 Å². The molecule has 0 heterocycles. The Bertz CT molecular complexity index is 440. The quantitative estimate of drug-likeness (QED) is 0.494. The van der Waals surface area contributed by atoms with Crippen LogP contribution in [-0.4, -0.2) is 16.1 Å². The summed E-state index contributed by atoms with van der Waals surface area (Å²) in [6.45, 7) is 0. The molecule has 2 rings (SSSR count). The lowest BCUT2D eigenvalue weighted by atomic mass is 9.96. The van der Waals surface area contributed by atoms with Gasteiger partial charge in [0, 0.05) is 6.04 Å². The molecule has 1 aromatic carbocycles. The molecule has 5 nitrogen and oxygen atoms in total. The Morgan fingerprint density at radius 1 is 1.16 bits per heavy atom. The molecule has 0 amide bonds. The van der Waals surface area contributed by atoms with Gasteiger partial charge in [0.1, 0.15) is 11.4 Å². The lowest BCUT2D eigenvalue weighted by molar-refractivity contribution is -0.384. The highest BCUT2D eigenvalue weighted by Gasteiger charge is 2.18. The Morgan fingerprint density at radius 2 is 1.79 bits per heavy atom. The van der Waals surface area contributed by atoms with Gasteiger partial charge in [-0.2, -0.15) is 0 Å². The van der Waals surface area contributed by atoms with Crippen molar-refractivity contribution in [1.82, 2.24) is 0 Å². The number of aromatic hydroxyl groups is 1. The highest BCUT2D eigenvalue weighted by molar-refractivity contribution is 5.64. The topological polar surface area (TPSA) is 75.4 Å². The molecule has 0 aliphatic heterocycles. The number of phenolic OH excluding ortho intramolecular Hbond substituents is 1. The number of nitrogens with one attached hydrogen (secondary N) is 1. The van der Waals surface area contributed by atoms with E-state index < -0.39 is 4.92 Å². The van der Waals surface area contributed by atoms with Crippen molar-refractivity contribution in [3.8, 4) is 5.75 Å². The molecule has 0 aromatic heterocycles. The first-order valence-electron chi connectivity index (χ1n) is 6.91. The van der Waals surface area contributed by atoms with Crippen LogP contribution < -0.4 is 5.32 Å². The van der Waals surface area contributed by atoms with Crippen LogP contribution in [0.4, 0.5) is 11.4 Å². The van der Waals surface area contributed by atoms with Gasteiger partial charge in [-0.05, 0) is 25.0 Å². The van der Waals surface area contributed by atoms with E-state index in [-0.39, 0.29) is 11.4 Å². The van der Waals surface area contributed by atoms with E-state index in [9.17, 15) is 15.2 Å². The van der Waals surface area contributed by atoms with Crippen molar-refractivity contribution >= 4 is 11.4 Å². The molecular formula is C14H20N2O3. The fraction of sp³-hybridized carbons (Fsp3) is 0.571. The standard InChI is InChI=1S/C14H20N2O3/c17-12-8-9-13(14(10-12)16(18)19)15-11-6-4-2-1-3-5-7-11/h8-11,15,17H,1-7H2. The molecule has 1 aliphatic carbocycles. The average Bonchev–Trinajstić information content (AvgIpc) is 2.34. The Hall–Kier alpha value is -1.78. The molecule has 0 saturated heterocycles. The molecule has 5 heteroatoms. The van der Waals surface area contributed by atoms with E-state index in [4.69, 9.17) is 0 Å². The van der Waals surface area contributed by atoms with Crippen molar-refractivity contribution in [3.05, 3.63) is 28.3 Å². The van der Waals surface area contributed by atoms with Crippen LogP contribution in [0.5, 0.6) is 5.75 Å². The molecular weight excluding hydrogens is 244 g/mol. The summed E-state index contributed by atoms with van der Waals surface area (Å²) < 4.78 is 0. The van der Waals surface area contributed by atoms with E-state index in [2.05, 4.69) is 5.32 Å². The number of hydrogen-bond acceptors (Lipinski definition) is 4. The van der Waals surface area contributed by atoms with Gasteiger partial charge in [-0.15, -0.1) is 0 Å². The molecule has 1 fully saturated rings. The SMILES string of the molecule is O=[N+]([O-])c1cc(O)ccc1NC1CCCCCCC1. The van der Waals surface area contributed by atoms with Crippen molar-refractivity contribution in [2.45, 2.75) is 51.0 Å². The van der Waals surface area contributed by atoms with Crippen LogP contribution in [0, 0.1) is 10.1 Å². The number of hydrogen-bond donors (Lipinski definition) is 2. The summed E-state index contributed by atoms with van der Waals surface area (Å²) in [4.78, 5) is 10.5. The number of anilines is 1. The van der Waals surface area contributed by atoms with Gasteiger partial charge in [-0.25, -0.2) is 0 Å². The lowest BCUT2D eigenvalue weighted by Gasteiger charge is -2.22. The summed E-state index contributed by atoms with van der Waals surface area (Å²) in [5.41, 5.74) is 0.454. The van der Waals surface area contributed by atoms with Gasteiger partial charge in [0.25, 0.3) is 5.69 Å². The molecule has 1 saturated carbocycles. The Labute approximate surface area is 112 Å². The molecule has 0 atom stereocenters. The smallest absolute Gasteiger partial charge is 0.296 e. The molecule has 0 unspecified atom stereocenters. The van der Waals surface area contributed by atoms with Gasteiger partial charge in [0.2, 0.25) is 0 Å². The number of rotatable bonds is 3. The summed E-state index contributed by atoms with van der Waals surface area (Å²) in [7, 11) is 0. The minimum atomic E-state index is -0.453. The van der Waals surface area contributed by atoms with Crippen LogP contribution in [0.1, 0.15) is 44.9 Å². The van der Waals surface area contributed by atoms with Crippen LogP contribution in [0.3, 0.4) is 0 Å². The Morgan fingerprint density at radius 3 is 2.42 bits per heavy atom. The minimum absolute atomic E-state index is 0.0536. The van der Waals surface area contributed by atoms with Crippen molar-refractivity contribution in [2.24, 2.45) is 0 Å². The first kappa shape index (κ1) is 13.6. The van der Waals surface area contributed by atoms with E-state index in [0.29, 0.717) is 11.7 Å². The number of nitro groups is 1. The fourth-order valence-electron chi connectivity index (χ4n) is 2.61. The monoisotopic (exact) mass is 264 g/mol. The molecule has 104 valence electrons. The third-order valence-corrected chi connectivity index (χ3v) is 3.64. The van der Waals surface area contributed by atoms with Crippen molar-refractivity contribution in [3.63, 3.8) is 0 Å². The summed E-state index contributed by atoms with van der Waals surface area (Å²) in [5.74, 6) is -0.0742. The number of phenols is 1. The molecule has 0 radical (unpaired) electrons. The van der Waals surface area contributed by atoms with Crippen LogP contribution in [0.25, 0.3) is 0 Å². The van der Waals surface area contributed by atoms with Gasteiger partial charge in [-0.1, -0.05) is 32.1 Å². The van der Waals surface area contributed by atoms with E-state index in [0.717, 1.165) is 12.8 Å². The van der Waals surface area contributed by atoms with Gasteiger partial charge >= 0.3 is 0 Å². The summed E-state index contributed by atoms with van der Waals surface area (Å²) >= 11 is 0. The summed E-state index contributed by atoms with van der Waals surface area (Å²) in [5, 5.41) is 23.6. The molecule has 0 bridgehead atoms. The fourth-order valence-corrected chi connectivity index (χ4v) is 2.61. The largest absolute Gasteiger partial charge is 0.508 e. The molecule has 1 aromatic rings. The van der Waals surface area contributed by atoms with Gasteiger partial charge in [0.15, 0.2) is 0 Å². The molecule has 2 N–H and O–H groups in total. The van der Waals surface area contributed by atoms with Crippen LogP contribution in [0.15, 0.2) is 18.2 Å². The Balaban J connectivity index is 2.10. The predicted molar refractivity (Wildman–Crippen MR) is 74.5 cm³/mol. The second-order valence-electron chi connectivity index (χ2n) is 5.14. The van der Waals surface area contributed by atoms with Gasteiger partial charge < -0.3 is 10.4 Å². The highest BCUT2D eigenvalue weighted by atomic mass is 16.6. The average molecular weight is 264 g/mol. The van der Waals surface area contributed by atoms with Crippen LogP contribution >= 0.6 is 0 Å². The van der Waals surface area contributed by atoms with Crippen molar-refractivity contribution in [1.29, 1.82) is 0 Å². The first-order chi connectivity index (χ1) is 9.16. The number of nitro benzene ring substituents is 1. The third-order valence-electron chi connectivity index (χ3n) is 3.64. The molecule has 0 spiro atoms. The third kappa shape index (κ3) is 3.84. The maximum Gasteiger partial charge on any atom is 0.296 e. The van der Waals surface area contributed by atoms with E-state index in [1.807, 2.05) is 0 Å². The van der Waals surface area contributed by atoms with Crippen LogP contribution in [-0.2, 0) is 0 Å². The zero-order valence-corrected chi connectivity index (χ0v) is 11.0. The Kier molecular flexibility index (Phi) is 4.60. The maximum atomic E-state index is 11.0. The zero-order chi connectivity index (χ0) is 13.7. The van der Waals surface area contributed by atoms with E-state index in [1.54, 1.807) is 6.07 Å².